The summed E-state index contributed by atoms with van der Waals surface area (Å²) in [6, 6.07) is 98.7. The molecule has 0 radical (unpaired) electrons. The average molecular weight is 1560 g/mol. The van der Waals surface area contributed by atoms with Crippen molar-refractivity contribution >= 4 is 121 Å². The molecule has 2 fully saturated rings. The van der Waals surface area contributed by atoms with Crippen LogP contribution in [0.1, 0.15) is 196 Å². The Labute approximate surface area is 688 Å². The maximum Gasteiger partial charge on any atom is 0.140 e. The summed E-state index contributed by atoms with van der Waals surface area (Å²) in [6.45, 7) is 36.7. The standard InChI is InChI=1S/C51H55ClN4.C31H35N3.C20H21Cl2N/c1-48(2,3)36-26-30-39(31-27-36)54(40-32-28-37(29-33-40)49(4,5)6)45-24-17-25-46(53-45)55(38-18-10-9-11-19-38)43-22-16-23-44(47(43)52)56-42-21-13-12-20-41(42)50(7)34-14-15-35-51(50,56)8;1-30(2,3)23-15-19-26(20-16-23)34(27-21-17-24(18-22-27)31(4,5)6)29-14-10-13-28(33-29)32-25-11-8-7-9-12-25;1-19-12-5-6-13-20(19,2)23(16-10-4-3-8-14(16)19)17-11-7-9-15(21)18(17)22/h9-13,16-33H,14-15,34-35H2,1-8H3;7-22H,1-6H3,(H,32,33);3-4,7-11H,5-6,12-13H2,1-2H3. The smallest absolute Gasteiger partial charge is 0.140 e. The normalized spacial score (nSPS) is 19.1. The summed E-state index contributed by atoms with van der Waals surface area (Å²) in [7, 11) is 0. The Bertz CT molecular complexity index is 5200. The van der Waals surface area contributed by atoms with Gasteiger partial charge in [-0.1, -0.05) is 303 Å². The molecule has 10 aromatic carbocycles. The van der Waals surface area contributed by atoms with E-state index in [1.165, 1.54) is 83.3 Å². The van der Waals surface area contributed by atoms with Crippen LogP contribution in [0.4, 0.5) is 85.8 Å². The molecule has 4 heterocycles. The first kappa shape index (κ1) is 79.8. The van der Waals surface area contributed by atoms with Gasteiger partial charge in [-0.25, -0.2) is 9.97 Å². The highest BCUT2D eigenvalue weighted by Crippen LogP contribution is 2.64. The fraction of sp³-hybridized carbons (Fsp3) is 0.314. The molecule has 2 saturated carbocycles. The first-order valence-electron chi connectivity index (χ1n) is 40.5. The highest BCUT2D eigenvalue weighted by atomic mass is 35.5. The Morgan fingerprint density at radius 3 is 1.06 bits per heavy atom. The summed E-state index contributed by atoms with van der Waals surface area (Å²) in [4.78, 5) is 22.2. The van der Waals surface area contributed by atoms with E-state index in [9.17, 15) is 0 Å². The van der Waals surface area contributed by atoms with E-state index < -0.39 is 0 Å². The zero-order valence-corrected chi connectivity index (χ0v) is 71.2. The number of pyridine rings is 2. The summed E-state index contributed by atoms with van der Waals surface area (Å²) in [6.07, 6.45) is 9.64. The molecule has 113 heavy (non-hydrogen) atoms. The van der Waals surface area contributed by atoms with E-state index in [0.717, 1.165) is 87.3 Å². The maximum atomic E-state index is 7.76. The number of benzene rings is 10. The molecule has 0 saturated heterocycles. The predicted molar refractivity (Wildman–Crippen MR) is 484 cm³/mol. The minimum atomic E-state index is -0.113. The van der Waals surface area contributed by atoms with Crippen molar-refractivity contribution < 1.29 is 0 Å². The molecule has 0 amide bonds. The lowest BCUT2D eigenvalue weighted by molar-refractivity contribution is 0.195. The summed E-state index contributed by atoms with van der Waals surface area (Å²) in [5, 5.41) is 5.41. The number of rotatable bonds is 13. The molecule has 16 rings (SSSR count). The second-order valence-electron chi connectivity index (χ2n) is 36.3. The van der Waals surface area contributed by atoms with Gasteiger partial charge in [0.15, 0.2) is 0 Å². The minimum Gasteiger partial charge on any atom is -0.340 e. The number of nitrogens with zero attached hydrogens (tertiary/aromatic N) is 7. The zero-order valence-electron chi connectivity index (χ0n) is 69.0. The summed E-state index contributed by atoms with van der Waals surface area (Å²) >= 11 is 20.7. The second-order valence-corrected chi connectivity index (χ2v) is 37.4. The summed E-state index contributed by atoms with van der Waals surface area (Å²) in [5.74, 6) is 3.28. The molecule has 11 heteroatoms. The molecule has 2 aromatic heterocycles. The van der Waals surface area contributed by atoms with Crippen LogP contribution in [-0.2, 0) is 32.5 Å². The lowest BCUT2D eigenvalue weighted by atomic mass is 9.61. The van der Waals surface area contributed by atoms with Crippen molar-refractivity contribution in [1.82, 2.24) is 9.97 Å². The summed E-state index contributed by atoms with van der Waals surface area (Å²) < 4.78 is 0. The van der Waals surface area contributed by atoms with Gasteiger partial charge in [-0.15, -0.1) is 0 Å². The van der Waals surface area contributed by atoms with Crippen molar-refractivity contribution in [2.45, 2.75) is 206 Å². The van der Waals surface area contributed by atoms with Gasteiger partial charge in [0.1, 0.15) is 23.3 Å². The number of hydrogen-bond acceptors (Lipinski definition) is 8. The molecule has 0 bridgehead atoms. The van der Waals surface area contributed by atoms with Gasteiger partial charge >= 0.3 is 0 Å². The monoisotopic (exact) mass is 1550 g/mol. The molecule has 580 valence electrons. The third-order valence-electron chi connectivity index (χ3n) is 24.8. The van der Waals surface area contributed by atoms with Crippen LogP contribution in [0.25, 0.3) is 0 Å². The number of aromatic nitrogens is 2. The Balaban J connectivity index is 0.000000156. The predicted octanol–water partition coefficient (Wildman–Crippen LogP) is 30.6. The van der Waals surface area contributed by atoms with Crippen LogP contribution in [0.3, 0.4) is 0 Å². The topological polar surface area (TPSA) is 54.0 Å². The molecule has 0 spiro atoms. The van der Waals surface area contributed by atoms with Crippen LogP contribution in [0.15, 0.2) is 279 Å². The van der Waals surface area contributed by atoms with Crippen LogP contribution >= 0.6 is 34.8 Å². The Hall–Kier alpha value is -9.83. The first-order valence-corrected chi connectivity index (χ1v) is 41.6. The molecule has 4 atom stereocenters. The van der Waals surface area contributed by atoms with Crippen molar-refractivity contribution in [3.8, 4) is 0 Å². The number of para-hydroxylation sites is 4. The number of anilines is 15. The minimum absolute atomic E-state index is 0.0236. The number of hydrogen-bond donors (Lipinski definition) is 1. The van der Waals surface area contributed by atoms with Gasteiger partial charge in [0.25, 0.3) is 0 Å². The van der Waals surface area contributed by atoms with Crippen molar-refractivity contribution in [2.75, 3.05) is 29.8 Å². The highest BCUT2D eigenvalue weighted by molar-refractivity contribution is 6.44. The van der Waals surface area contributed by atoms with Gasteiger partial charge in [-0.3, -0.25) is 14.7 Å². The molecule has 12 aromatic rings. The molecular formula is C102H111Cl3N8. The van der Waals surface area contributed by atoms with Gasteiger partial charge < -0.3 is 15.1 Å². The molecule has 4 aliphatic rings. The first-order chi connectivity index (χ1) is 53.8. The van der Waals surface area contributed by atoms with Crippen LogP contribution < -0.4 is 29.8 Å². The van der Waals surface area contributed by atoms with E-state index >= 15 is 0 Å². The van der Waals surface area contributed by atoms with Gasteiger partial charge in [0.05, 0.1) is 43.2 Å². The van der Waals surface area contributed by atoms with E-state index in [1.807, 2.05) is 54.6 Å². The summed E-state index contributed by atoms with van der Waals surface area (Å²) in [5.41, 5.74) is 20.2. The quantitative estimate of drug-likeness (QED) is 0.123. The highest BCUT2D eigenvalue weighted by Gasteiger charge is 2.59. The maximum absolute atomic E-state index is 7.76. The van der Waals surface area contributed by atoms with Crippen LogP contribution in [0, 0.1) is 0 Å². The Morgan fingerprint density at radius 1 is 0.310 bits per heavy atom. The third-order valence-corrected chi connectivity index (χ3v) is 26.0. The number of nitrogens with one attached hydrogen (secondary N) is 1. The van der Waals surface area contributed by atoms with Gasteiger partial charge in [0, 0.05) is 56.3 Å². The Kier molecular flexibility index (Phi) is 22.3. The molecule has 2 aliphatic carbocycles. The fourth-order valence-corrected chi connectivity index (χ4v) is 18.5. The van der Waals surface area contributed by atoms with Crippen LogP contribution in [0.5, 0.6) is 0 Å². The molecule has 4 unspecified atom stereocenters. The van der Waals surface area contributed by atoms with Gasteiger partial charge in [-0.2, -0.15) is 0 Å². The average Bonchev–Trinajstić information content (AvgIpc) is 1.54. The van der Waals surface area contributed by atoms with E-state index in [0.29, 0.717) is 15.1 Å². The van der Waals surface area contributed by atoms with Crippen molar-refractivity contribution in [1.29, 1.82) is 0 Å². The van der Waals surface area contributed by atoms with Crippen molar-refractivity contribution in [2.24, 2.45) is 0 Å². The van der Waals surface area contributed by atoms with E-state index in [1.54, 1.807) is 0 Å². The van der Waals surface area contributed by atoms with Gasteiger partial charge in [-0.05, 0) is 228 Å². The lowest BCUT2D eigenvalue weighted by Gasteiger charge is -2.50. The SMILES string of the molecule is CC(C)(C)c1ccc(N(c2ccc(C(C)(C)C)cc2)c2cccc(N(c3ccccc3)c3cccc(N4c5ccccc5C5(C)CCCCC45C)c3Cl)n2)cc1.CC(C)(C)c1ccc(N(c2ccc(C(C)(C)C)cc2)c2cccc(Nc3ccccc3)n2)cc1.CC12CCCCC1(C)N(c1cccc(Cl)c1Cl)c1ccccc12. The Morgan fingerprint density at radius 2 is 0.637 bits per heavy atom. The largest absolute Gasteiger partial charge is 0.340 e. The van der Waals surface area contributed by atoms with Crippen LogP contribution in [-0.4, -0.2) is 21.0 Å². The lowest BCUT2D eigenvalue weighted by Crippen LogP contribution is -2.54. The molecule has 1 N–H and O–H groups in total. The zero-order chi connectivity index (χ0) is 80.0. The van der Waals surface area contributed by atoms with Crippen molar-refractivity contribution in [3.63, 3.8) is 0 Å². The number of fused-ring (bicyclic) bond motifs is 6. The molecule has 2 aliphatic heterocycles. The number of halogens is 3. The van der Waals surface area contributed by atoms with Gasteiger partial charge in [0.2, 0.25) is 0 Å². The third kappa shape index (κ3) is 15.6. The fourth-order valence-electron chi connectivity index (χ4n) is 17.9. The van der Waals surface area contributed by atoms with Crippen LogP contribution in [0.2, 0.25) is 15.1 Å². The van der Waals surface area contributed by atoms with E-state index in [-0.39, 0.29) is 43.6 Å². The molecular weight excluding hydrogens is 1440 g/mol. The van der Waals surface area contributed by atoms with Crippen molar-refractivity contribution in [3.05, 3.63) is 328 Å². The van der Waals surface area contributed by atoms with E-state index in [2.05, 4.69) is 365 Å². The molecule has 8 nitrogen and oxygen atoms in total. The second kappa shape index (κ2) is 31.5. The van der Waals surface area contributed by atoms with E-state index in [4.69, 9.17) is 44.8 Å².